The van der Waals surface area contributed by atoms with Gasteiger partial charge in [0.2, 0.25) is 0 Å². The van der Waals surface area contributed by atoms with Crippen molar-refractivity contribution in [3.05, 3.63) is 71.8 Å². The van der Waals surface area contributed by atoms with Crippen LogP contribution < -0.4 is 10.2 Å². The first kappa shape index (κ1) is 57.8. The van der Waals surface area contributed by atoms with Crippen molar-refractivity contribution in [2.45, 2.75) is 231 Å². The fraction of sp³-hybridized carbons (Fsp3) is 0.720. The molecule has 0 fully saturated rings. The summed E-state index contributed by atoms with van der Waals surface area (Å²) in [5.41, 5.74) is 2.46. The zero-order valence-corrected chi connectivity index (χ0v) is 41.8. The number of rotatable bonds is 38. The second-order valence-corrected chi connectivity index (χ2v) is 16.6. The number of hydrogen-bond donors (Lipinski definition) is 2. The predicted molar refractivity (Wildman–Crippen MR) is 238 cm³/mol. The van der Waals surface area contributed by atoms with Crippen molar-refractivity contribution in [3.8, 4) is 0 Å². The maximum Gasteiger partial charge on any atom is 2.00 e. The molecule has 0 heterocycles. The van der Waals surface area contributed by atoms with E-state index in [1.54, 1.807) is 0 Å². The number of carboxylic acid groups (broad SMARTS) is 2. The van der Waals surface area contributed by atoms with Crippen molar-refractivity contribution >= 4 is 60.8 Å². The molecular formula is C50H82BaO8. The molecule has 2 aromatic carbocycles. The molecule has 4 unspecified atom stereocenters. The first-order valence-corrected chi connectivity index (χ1v) is 23.2. The van der Waals surface area contributed by atoms with Gasteiger partial charge < -0.3 is 39.5 Å². The number of ether oxygens (including phenoxy) is 2. The minimum atomic E-state index is -0.952. The van der Waals surface area contributed by atoms with E-state index in [4.69, 9.17) is 9.47 Å². The molecule has 332 valence electrons. The standard InChI is InChI=1S/2C25H42O4.Ba/c2*1-22(29-21-23-16-10-8-11-17-23)15-9-4-2-5-12-18-24(26)19-13-6-3-7-14-20-25(27)28;/h2*8,10-11,16-17,22,24,26H,2-7,9,12-15,18-21H2,1H3,(H,27,28);/q;;+2/p-2. The van der Waals surface area contributed by atoms with E-state index in [-0.39, 0.29) is 73.9 Å². The van der Waals surface area contributed by atoms with Crippen LogP contribution in [-0.4, -0.2) is 95.4 Å². The summed E-state index contributed by atoms with van der Waals surface area (Å²) in [7, 11) is 0. The van der Waals surface area contributed by atoms with E-state index in [9.17, 15) is 30.0 Å². The molecule has 2 rings (SSSR count). The number of aliphatic hydroxyl groups is 2. The minimum absolute atomic E-state index is 0. The zero-order chi connectivity index (χ0) is 42.3. The van der Waals surface area contributed by atoms with Gasteiger partial charge in [0.1, 0.15) is 0 Å². The molecule has 2 N–H and O–H groups in total. The Morgan fingerprint density at radius 3 is 0.983 bits per heavy atom. The van der Waals surface area contributed by atoms with Gasteiger partial charge in [-0.1, -0.05) is 176 Å². The van der Waals surface area contributed by atoms with Crippen LogP contribution in [0.5, 0.6) is 0 Å². The molecule has 0 aliphatic carbocycles. The second kappa shape index (κ2) is 42.1. The molecule has 0 radical (unpaired) electrons. The molecule has 0 aliphatic rings. The largest absolute Gasteiger partial charge is 2.00 e. The molecule has 0 saturated carbocycles. The van der Waals surface area contributed by atoms with Crippen LogP contribution in [0.25, 0.3) is 0 Å². The van der Waals surface area contributed by atoms with Crippen molar-refractivity contribution in [3.63, 3.8) is 0 Å². The average molecular weight is 949 g/mol. The van der Waals surface area contributed by atoms with Gasteiger partial charge in [-0.15, -0.1) is 0 Å². The number of hydrogen-bond acceptors (Lipinski definition) is 8. The van der Waals surface area contributed by atoms with Gasteiger partial charge in [0.05, 0.1) is 37.6 Å². The Balaban J connectivity index is 0.00000112. The molecule has 0 bridgehead atoms. The Bertz CT molecular complexity index is 1110. The second-order valence-electron chi connectivity index (χ2n) is 16.6. The third-order valence-electron chi connectivity index (χ3n) is 10.9. The number of benzene rings is 2. The summed E-state index contributed by atoms with van der Waals surface area (Å²) < 4.78 is 11.8. The van der Waals surface area contributed by atoms with Crippen molar-refractivity contribution in [1.82, 2.24) is 0 Å². The summed E-state index contributed by atoms with van der Waals surface area (Å²) >= 11 is 0. The van der Waals surface area contributed by atoms with Crippen LogP contribution in [0.1, 0.15) is 205 Å². The maximum absolute atomic E-state index is 10.3. The Kier molecular flexibility index (Phi) is 41.2. The molecule has 0 amide bonds. The summed E-state index contributed by atoms with van der Waals surface area (Å²) in [5, 5.41) is 40.7. The predicted octanol–water partition coefficient (Wildman–Crippen LogP) is 9.95. The van der Waals surface area contributed by atoms with Crippen molar-refractivity contribution in [2.24, 2.45) is 0 Å². The number of carboxylic acids is 2. The summed E-state index contributed by atoms with van der Waals surface area (Å²) in [6.07, 6.45) is 27.9. The van der Waals surface area contributed by atoms with E-state index in [1.807, 2.05) is 36.4 Å². The number of unbranched alkanes of at least 4 members (excludes halogenated alkanes) is 16. The zero-order valence-electron chi connectivity index (χ0n) is 37.3. The van der Waals surface area contributed by atoms with Crippen LogP contribution in [0.2, 0.25) is 0 Å². The van der Waals surface area contributed by atoms with Crippen LogP contribution in [-0.2, 0) is 32.3 Å². The summed E-state index contributed by atoms with van der Waals surface area (Å²) in [5.74, 6) is -1.90. The van der Waals surface area contributed by atoms with Gasteiger partial charge >= 0.3 is 48.9 Å². The molecule has 59 heavy (non-hydrogen) atoms. The molecule has 0 saturated heterocycles. The number of carbonyl (C=O) groups excluding carboxylic acids is 2. The summed E-state index contributed by atoms with van der Waals surface area (Å²) in [6, 6.07) is 20.6. The van der Waals surface area contributed by atoms with Gasteiger partial charge in [0.15, 0.2) is 0 Å². The van der Waals surface area contributed by atoms with E-state index in [0.717, 1.165) is 103 Å². The monoisotopic (exact) mass is 949 g/mol. The van der Waals surface area contributed by atoms with Crippen LogP contribution in [0.4, 0.5) is 0 Å². The smallest absolute Gasteiger partial charge is 0.550 e. The van der Waals surface area contributed by atoms with E-state index in [0.29, 0.717) is 38.3 Å². The molecule has 4 atom stereocenters. The maximum atomic E-state index is 10.3. The summed E-state index contributed by atoms with van der Waals surface area (Å²) in [4.78, 5) is 20.6. The molecule has 0 aliphatic heterocycles. The Morgan fingerprint density at radius 2 is 0.695 bits per heavy atom. The molecule has 0 spiro atoms. The third-order valence-corrected chi connectivity index (χ3v) is 10.9. The van der Waals surface area contributed by atoms with Gasteiger partial charge in [0, 0.05) is 11.9 Å². The number of aliphatic carboxylic acids is 2. The normalized spacial score (nSPS) is 13.1. The van der Waals surface area contributed by atoms with Crippen molar-refractivity contribution < 1.29 is 39.5 Å². The van der Waals surface area contributed by atoms with Crippen LogP contribution in [0, 0.1) is 0 Å². The topological polar surface area (TPSA) is 139 Å². The van der Waals surface area contributed by atoms with E-state index in [2.05, 4.69) is 38.1 Å². The molecule has 9 heteroatoms. The van der Waals surface area contributed by atoms with Crippen LogP contribution in [0.3, 0.4) is 0 Å². The number of carbonyl (C=O) groups is 2. The molecule has 8 nitrogen and oxygen atoms in total. The molecule has 0 aromatic heterocycles. The SMILES string of the molecule is CC(CCCCCCCC(O)CCCCCCCC(=O)[O-])OCc1ccccc1.CC(CCCCCCCC(O)CCCCCCCC(=O)[O-])OCc1ccccc1.[Ba+2]. The third kappa shape index (κ3) is 40.6. The fourth-order valence-electron chi connectivity index (χ4n) is 7.12. The van der Waals surface area contributed by atoms with Gasteiger partial charge in [-0.05, 0) is 89.2 Å². The van der Waals surface area contributed by atoms with E-state index in [1.165, 1.54) is 62.5 Å². The van der Waals surface area contributed by atoms with Gasteiger partial charge in [-0.25, -0.2) is 0 Å². The Hall–Kier alpha value is -1.21. The van der Waals surface area contributed by atoms with Crippen molar-refractivity contribution in [2.75, 3.05) is 0 Å². The van der Waals surface area contributed by atoms with Crippen LogP contribution in [0.15, 0.2) is 60.7 Å². The van der Waals surface area contributed by atoms with Gasteiger partial charge in [0.25, 0.3) is 0 Å². The minimum Gasteiger partial charge on any atom is -0.550 e. The number of aliphatic hydroxyl groups excluding tert-OH is 2. The van der Waals surface area contributed by atoms with Gasteiger partial charge in [-0.2, -0.15) is 0 Å². The van der Waals surface area contributed by atoms with E-state index >= 15 is 0 Å². The molecular weight excluding hydrogens is 866 g/mol. The van der Waals surface area contributed by atoms with Crippen molar-refractivity contribution in [1.29, 1.82) is 0 Å². The van der Waals surface area contributed by atoms with Crippen LogP contribution >= 0.6 is 0 Å². The quantitative estimate of drug-likeness (QED) is 0.0501. The van der Waals surface area contributed by atoms with Gasteiger partial charge in [-0.3, -0.25) is 0 Å². The van der Waals surface area contributed by atoms with E-state index < -0.39 is 11.9 Å². The molecule has 2 aromatic rings. The first-order chi connectivity index (χ1) is 28.2. The Morgan fingerprint density at radius 1 is 0.441 bits per heavy atom. The fourth-order valence-corrected chi connectivity index (χ4v) is 7.12. The first-order valence-electron chi connectivity index (χ1n) is 23.2. The summed E-state index contributed by atoms with van der Waals surface area (Å²) in [6.45, 7) is 5.70. The Labute approximate surface area is 400 Å². The average Bonchev–Trinajstić information content (AvgIpc) is 3.21.